The first kappa shape index (κ1) is 17.3. The number of ether oxygens (including phenoxy) is 2. The maximum Gasteiger partial charge on any atom is 0.333 e. The van der Waals surface area contributed by atoms with Crippen LogP contribution in [0.25, 0.3) is 0 Å². The van der Waals surface area contributed by atoms with Gasteiger partial charge >= 0.3 is 12.1 Å². The SMILES string of the molecule is COc1ccc(C2(c3ccc(OC)cc3)C(=O)NC(=O)N2C(N)=O)cc1. The lowest BCUT2D eigenvalue weighted by Gasteiger charge is -2.33. The van der Waals surface area contributed by atoms with E-state index in [1.165, 1.54) is 14.2 Å². The average molecular weight is 355 g/mol. The second-order valence-corrected chi connectivity index (χ2v) is 5.60. The van der Waals surface area contributed by atoms with E-state index in [0.717, 1.165) is 4.90 Å². The highest BCUT2D eigenvalue weighted by Crippen LogP contribution is 2.40. The number of hydrogen-bond donors (Lipinski definition) is 2. The minimum absolute atomic E-state index is 0.394. The van der Waals surface area contributed by atoms with Gasteiger partial charge in [0.1, 0.15) is 11.5 Å². The van der Waals surface area contributed by atoms with Crippen LogP contribution in [0.4, 0.5) is 9.59 Å². The van der Waals surface area contributed by atoms with Crippen molar-refractivity contribution in [3.8, 4) is 11.5 Å². The quantitative estimate of drug-likeness (QED) is 0.809. The van der Waals surface area contributed by atoms with Gasteiger partial charge in [-0.2, -0.15) is 0 Å². The van der Waals surface area contributed by atoms with Gasteiger partial charge < -0.3 is 15.2 Å². The fourth-order valence-corrected chi connectivity index (χ4v) is 3.11. The molecule has 0 unspecified atom stereocenters. The van der Waals surface area contributed by atoms with E-state index in [-0.39, 0.29) is 0 Å². The van der Waals surface area contributed by atoms with E-state index in [1.54, 1.807) is 48.5 Å². The number of imide groups is 2. The molecule has 0 radical (unpaired) electrons. The number of nitrogens with one attached hydrogen (secondary N) is 1. The standard InChI is InChI=1S/C18H17N3O5/c1-25-13-7-3-11(4-8-13)18(12-5-9-14(26-2)10-6-12)15(22)20-17(24)21(18)16(19)23/h3-10H,1-2H3,(H2,19,23)(H,20,22,24). The van der Waals surface area contributed by atoms with Gasteiger partial charge in [-0.15, -0.1) is 0 Å². The van der Waals surface area contributed by atoms with E-state index in [0.29, 0.717) is 22.6 Å². The molecule has 1 aliphatic rings. The van der Waals surface area contributed by atoms with Crippen LogP contribution in [0.2, 0.25) is 0 Å². The molecule has 0 aliphatic carbocycles. The van der Waals surface area contributed by atoms with Crippen LogP contribution >= 0.6 is 0 Å². The Balaban J connectivity index is 2.28. The number of rotatable bonds is 4. The van der Waals surface area contributed by atoms with E-state index in [1.807, 2.05) is 0 Å². The van der Waals surface area contributed by atoms with Crippen molar-refractivity contribution in [3.63, 3.8) is 0 Å². The van der Waals surface area contributed by atoms with Crippen LogP contribution in [-0.4, -0.2) is 37.1 Å². The molecule has 134 valence electrons. The first-order valence-electron chi connectivity index (χ1n) is 7.69. The minimum atomic E-state index is -1.72. The molecule has 8 nitrogen and oxygen atoms in total. The fourth-order valence-electron chi connectivity index (χ4n) is 3.11. The molecule has 1 heterocycles. The van der Waals surface area contributed by atoms with Gasteiger partial charge in [0.15, 0.2) is 5.54 Å². The van der Waals surface area contributed by atoms with Crippen molar-refractivity contribution in [2.45, 2.75) is 5.54 Å². The monoisotopic (exact) mass is 355 g/mol. The molecule has 5 amide bonds. The molecule has 2 aromatic carbocycles. The smallest absolute Gasteiger partial charge is 0.333 e. The molecule has 0 saturated carbocycles. The number of nitrogens with two attached hydrogens (primary N) is 1. The largest absolute Gasteiger partial charge is 0.497 e. The highest BCUT2D eigenvalue weighted by atomic mass is 16.5. The summed E-state index contributed by atoms with van der Waals surface area (Å²) in [4.78, 5) is 37.9. The predicted octanol–water partition coefficient (Wildman–Crippen LogP) is 1.58. The molecule has 1 saturated heterocycles. The second kappa shape index (κ2) is 6.40. The average Bonchev–Trinajstić information content (AvgIpc) is 2.92. The maximum absolute atomic E-state index is 12.9. The molecular formula is C18H17N3O5. The van der Waals surface area contributed by atoms with Crippen LogP contribution in [0.15, 0.2) is 48.5 Å². The van der Waals surface area contributed by atoms with E-state index in [4.69, 9.17) is 15.2 Å². The van der Waals surface area contributed by atoms with E-state index >= 15 is 0 Å². The van der Waals surface area contributed by atoms with E-state index < -0.39 is 23.5 Å². The van der Waals surface area contributed by atoms with Crippen molar-refractivity contribution >= 4 is 18.0 Å². The first-order valence-corrected chi connectivity index (χ1v) is 7.69. The van der Waals surface area contributed by atoms with Crippen LogP contribution in [0, 0.1) is 0 Å². The predicted molar refractivity (Wildman–Crippen MR) is 91.7 cm³/mol. The molecule has 0 atom stereocenters. The lowest BCUT2D eigenvalue weighted by atomic mass is 9.81. The van der Waals surface area contributed by atoms with Gasteiger partial charge in [-0.05, 0) is 35.4 Å². The number of hydrogen-bond acceptors (Lipinski definition) is 5. The maximum atomic E-state index is 12.9. The Morgan fingerprint density at radius 1 is 0.923 bits per heavy atom. The van der Waals surface area contributed by atoms with Crippen molar-refractivity contribution in [2.24, 2.45) is 5.73 Å². The number of nitrogens with zero attached hydrogens (tertiary/aromatic N) is 1. The van der Waals surface area contributed by atoms with Crippen molar-refractivity contribution in [2.75, 3.05) is 14.2 Å². The summed E-state index contributed by atoms with van der Waals surface area (Å²) in [7, 11) is 3.02. The molecule has 1 aliphatic heterocycles. The van der Waals surface area contributed by atoms with Crippen molar-refractivity contribution in [1.29, 1.82) is 0 Å². The Hall–Kier alpha value is -3.55. The third kappa shape index (κ3) is 2.43. The molecule has 26 heavy (non-hydrogen) atoms. The Morgan fingerprint density at radius 2 is 1.35 bits per heavy atom. The lowest BCUT2D eigenvalue weighted by Crippen LogP contribution is -2.52. The number of primary amides is 1. The summed E-state index contributed by atoms with van der Waals surface area (Å²) in [6.07, 6.45) is 0. The lowest BCUT2D eigenvalue weighted by molar-refractivity contribution is -0.124. The molecule has 8 heteroatoms. The molecule has 0 aromatic heterocycles. The van der Waals surface area contributed by atoms with Crippen molar-refractivity contribution in [1.82, 2.24) is 10.2 Å². The molecule has 0 spiro atoms. The topological polar surface area (TPSA) is 111 Å². The number of carbonyl (C=O) groups excluding carboxylic acids is 3. The molecule has 3 N–H and O–H groups in total. The van der Waals surface area contributed by atoms with Gasteiger partial charge in [0, 0.05) is 0 Å². The molecule has 3 rings (SSSR count). The summed E-state index contributed by atoms with van der Waals surface area (Å²) in [5.41, 5.74) is 4.50. The normalized spacial score (nSPS) is 15.5. The number of benzene rings is 2. The highest BCUT2D eigenvalue weighted by Gasteiger charge is 2.58. The third-order valence-electron chi connectivity index (χ3n) is 4.32. The number of amides is 5. The van der Waals surface area contributed by atoms with E-state index in [2.05, 4.69) is 5.32 Å². The van der Waals surface area contributed by atoms with Gasteiger partial charge in [-0.1, -0.05) is 24.3 Å². The Morgan fingerprint density at radius 3 is 1.69 bits per heavy atom. The Labute approximate surface area is 149 Å². The van der Waals surface area contributed by atoms with Gasteiger partial charge in [0.2, 0.25) is 0 Å². The van der Waals surface area contributed by atoms with Crippen LogP contribution in [0.5, 0.6) is 11.5 Å². The zero-order chi connectivity index (χ0) is 18.9. The molecule has 2 aromatic rings. The van der Waals surface area contributed by atoms with Crippen LogP contribution in [0.1, 0.15) is 11.1 Å². The summed E-state index contributed by atoms with van der Waals surface area (Å²) in [6.45, 7) is 0. The highest BCUT2D eigenvalue weighted by molar-refractivity contribution is 6.15. The Bertz CT molecular complexity index is 814. The zero-order valence-electron chi connectivity index (χ0n) is 14.2. The number of urea groups is 2. The van der Waals surface area contributed by atoms with Crippen LogP contribution in [0.3, 0.4) is 0 Å². The van der Waals surface area contributed by atoms with E-state index in [9.17, 15) is 14.4 Å². The van der Waals surface area contributed by atoms with Crippen molar-refractivity contribution < 1.29 is 23.9 Å². The van der Waals surface area contributed by atoms with Gasteiger partial charge in [0.25, 0.3) is 5.91 Å². The minimum Gasteiger partial charge on any atom is -0.497 e. The summed E-state index contributed by atoms with van der Waals surface area (Å²) in [5, 5.41) is 2.18. The third-order valence-corrected chi connectivity index (χ3v) is 4.32. The summed E-state index contributed by atoms with van der Waals surface area (Å²) >= 11 is 0. The molecule has 0 bridgehead atoms. The molecule has 1 fully saturated rings. The second-order valence-electron chi connectivity index (χ2n) is 5.60. The summed E-state index contributed by atoms with van der Waals surface area (Å²) in [5.74, 6) is 0.458. The Kier molecular flexibility index (Phi) is 4.25. The summed E-state index contributed by atoms with van der Waals surface area (Å²) in [6, 6.07) is 11.1. The fraction of sp³-hybridized carbons (Fsp3) is 0.167. The zero-order valence-corrected chi connectivity index (χ0v) is 14.2. The number of methoxy groups -OCH3 is 2. The molecular weight excluding hydrogens is 338 g/mol. The van der Waals surface area contributed by atoms with Crippen LogP contribution in [-0.2, 0) is 10.3 Å². The summed E-state index contributed by atoms with van der Waals surface area (Å²) < 4.78 is 10.3. The first-order chi connectivity index (χ1) is 12.4. The number of carbonyl (C=O) groups is 3. The van der Waals surface area contributed by atoms with Gasteiger partial charge in [-0.3, -0.25) is 10.1 Å². The van der Waals surface area contributed by atoms with Crippen molar-refractivity contribution in [3.05, 3.63) is 59.7 Å². The van der Waals surface area contributed by atoms with Gasteiger partial charge in [0.05, 0.1) is 14.2 Å². The van der Waals surface area contributed by atoms with Crippen LogP contribution < -0.4 is 20.5 Å². The van der Waals surface area contributed by atoms with Gasteiger partial charge in [-0.25, -0.2) is 14.5 Å².